The average Bonchev–Trinajstić information content (AvgIpc) is 4.19. The highest BCUT2D eigenvalue weighted by Gasteiger charge is 2.74. The fourth-order valence-corrected chi connectivity index (χ4v) is 20.0. The molecule has 6 bridgehead atoms. The number of para-hydroxylation sites is 3. The van der Waals surface area contributed by atoms with E-state index in [1.54, 1.807) is 33.4 Å². The molecule has 17 rings (SSSR count). The van der Waals surface area contributed by atoms with Crippen molar-refractivity contribution in [2.45, 2.75) is 118 Å². The van der Waals surface area contributed by atoms with Gasteiger partial charge in [-0.1, -0.05) is 95.6 Å². The van der Waals surface area contributed by atoms with Gasteiger partial charge in [-0.15, -0.1) is 0 Å². The molecule has 6 saturated heterocycles. The van der Waals surface area contributed by atoms with Gasteiger partial charge in [0.2, 0.25) is 0 Å². The third-order valence-corrected chi connectivity index (χ3v) is 22.0. The fraction of sp³-hybridized carbons (Fsp3) is 0.475. The predicted octanol–water partition coefficient (Wildman–Crippen LogP) is 8.76. The maximum atomic E-state index is 16.1. The fourth-order valence-electron chi connectivity index (χ4n) is 20.0. The van der Waals surface area contributed by atoms with Gasteiger partial charge in [-0.25, -0.2) is 0 Å². The monoisotopic (exact) mass is 868 g/mol. The summed E-state index contributed by atoms with van der Waals surface area (Å²) in [6, 6.07) is 30.5. The quantitative estimate of drug-likeness (QED) is 0.228. The van der Waals surface area contributed by atoms with E-state index in [-0.39, 0.29) is 34.4 Å². The standard InChI is InChI=1S/C59H60N6O/c1-4-33-28-61-22-20-58-45-15-9-12-18-48(45)65-55(58)39(36(33)24-51(58)61)23-40(56(65)66)49-27-59-44-14-8-11-17-47(44)64-31-41-37-25-50-57(19-21-60(50)29-34(37)5-2)43-13-7-10-16-46(43)63(53(41)57)32-42(54(59)64)38-26-52(59)62(49)30-35(38)6-3/h4-18,23,31-32,36-39,49-55H,19-22,24-30H2,1-3H3/b33-4-,34-5+,35-6+,41-31-,42-32-/t36-,37-,38-,39-,49+,50-,51-,52-,53-,54-,55-,57+,58+,59+/m0/s1. The number of carbonyl (C=O) groups is 1. The maximum Gasteiger partial charge on any atom is 0.255 e. The number of amides is 1. The molecule has 14 atom stereocenters. The summed E-state index contributed by atoms with van der Waals surface area (Å²) in [6.45, 7) is 12.3. The first-order valence-electron chi connectivity index (χ1n) is 26.0. The predicted molar refractivity (Wildman–Crippen MR) is 260 cm³/mol. The second kappa shape index (κ2) is 12.0. The Labute approximate surface area is 389 Å². The van der Waals surface area contributed by atoms with Gasteiger partial charge in [-0.3, -0.25) is 19.5 Å². The van der Waals surface area contributed by atoms with Crippen molar-refractivity contribution in [2.75, 3.05) is 47.4 Å². The van der Waals surface area contributed by atoms with Crippen molar-refractivity contribution in [3.8, 4) is 0 Å². The Morgan fingerprint density at radius 3 is 1.82 bits per heavy atom. The van der Waals surface area contributed by atoms with Gasteiger partial charge in [0.15, 0.2) is 0 Å². The Kier molecular flexibility index (Phi) is 6.75. The molecule has 3 spiro atoms. The minimum absolute atomic E-state index is 0.0101. The molecule has 7 heteroatoms. The summed E-state index contributed by atoms with van der Waals surface area (Å²) >= 11 is 0. The molecule has 0 N–H and O–H groups in total. The normalized spacial score (nSPS) is 46.6. The molecule has 7 nitrogen and oxygen atoms in total. The summed E-state index contributed by atoms with van der Waals surface area (Å²) in [5.41, 5.74) is 17.7. The lowest BCUT2D eigenvalue weighted by atomic mass is 9.54. The summed E-state index contributed by atoms with van der Waals surface area (Å²) in [7, 11) is 0. The van der Waals surface area contributed by atoms with E-state index in [0.29, 0.717) is 53.7 Å². The first-order chi connectivity index (χ1) is 32.4. The van der Waals surface area contributed by atoms with Crippen LogP contribution in [0.25, 0.3) is 0 Å². The van der Waals surface area contributed by atoms with Crippen LogP contribution in [0.5, 0.6) is 0 Å². The van der Waals surface area contributed by atoms with Gasteiger partial charge in [0.25, 0.3) is 5.91 Å². The molecule has 3 aromatic rings. The molecule has 9 fully saturated rings. The Bertz CT molecular complexity index is 2990. The third kappa shape index (κ3) is 3.79. The van der Waals surface area contributed by atoms with Crippen LogP contribution in [0.3, 0.4) is 0 Å². The van der Waals surface area contributed by atoms with Crippen LogP contribution in [0.15, 0.2) is 143 Å². The Morgan fingerprint density at radius 1 is 0.591 bits per heavy atom. The van der Waals surface area contributed by atoms with Crippen LogP contribution in [-0.4, -0.2) is 95.6 Å². The maximum absolute atomic E-state index is 16.1. The number of hydrogen-bond acceptors (Lipinski definition) is 6. The lowest BCUT2D eigenvalue weighted by Crippen LogP contribution is -2.66. The van der Waals surface area contributed by atoms with Crippen LogP contribution in [-0.2, 0) is 21.0 Å². The van der Waals surface area contributed by atoms with Gasteiger partial charge in [0.05, 0.1) is 18.1 Å². The van der Waals surface area contributed by atoms with Crippen molar-refractivity contribution in [3.05, 3.63) is 160 Å². The van der Waals surface area contributed by atoms with E-state index < -0.39 is 0 Å². The van der Waals surface area contributed by atoms with Gasteiger partial charge in [-0.2, -0.15) is 0 Å². The molecule has 66 heavy (non-hydrogen) atoms. The number of carbonyl (C=O) groups excluding carboxylic acids is 1. The molecule has 11 heterocycles. The van der Waals surface area contributed by atoms with Crippen molar-refractivity contribution in [2.24, 2.45) is 23.7 Å². The second-order valence-corrected chi connectivity index (χ2v) is 23.3. The molecule has 332 valence electrons. The van der Waals surface area contributed by atoms with Gasteiger partial charge in [0, 0.05) is 113 Å². The number of rotatable bonds is 1. The van der Waals surface area contributed by atoms with E-state index in [4.69, 9.17) is 0 Å². The number of nitrogens with zero attached hydrogens (tertiary/aromatic N) is 6. The minimum atomic E-state index is -0.161. The van der Waals surface area contributed by atoms with Crippen molar-refractivity contribution in [1.29, 1.82) is 0 Å². The highest BCUT2D eigenvalue weighted by Crippen LogP contribution is 2.70. The molecule has 14 aliphatic rings. The first kappa shape index (κ1) is 37.1. The Balaban J connectivity index is 0.885. The minimum Gasteiger partial charge on any atom is -0.339 e. The van der Waals surface area contributed by atoms with Gasteiger partial charge in [0.1, 0.15) is 0 Å². The van der Waals surface area contributed by atoms with Gasteiger partial charge >= 0.3 is 0 Å². The second-order valence-electron chi connectivity index (χ2n) is 23.3. The largest absolute Gasteiger partial charge is 0.339 e. The van der Waals surface area contributed by atoms with E-state index in [9.17, 15) is 0 Å². The molecule has 1 amide bonds. The average molecular weight is 869 g/mol. The lowest BCUT2D eigenvalue weighted by Gasteiger charge is -2.57. The summed E-state index contributed by atoms with van der Waals surface area (Å²) in [4.78, 5) is 32.8. The van der Waals surface area contributed by atoms with Gasteiger partial charge in [-0.05, 0) is 124 Å². The van der Waals surface area contributed by atoms with Crippen LogP contribution in [0, 0.1) is 23.7 Å². The smallest absolute Gasteiger partial charge is 0.255 e. The highest BCUT2D eigenvalue weighted by molar-refractivity contribution is 6.10. The molecular formula is C59H60N6O. The zero-order valence-electron chi connectivity index (χ0n) is 38.6. The number of piperidine rings is 3. The van der Waals surface area contributed by atoms with Crippen LogP contribution < -0.4 is 14.7 Å². The molecule has 11 aliphatic heterocycles. The van der Waals surface area contributed by atoms with E-state index in [2.05, 4.69) is 160 Å². The zero-order chi connectivity index (χ0) is 43.3. The SMILES string of the molecule is C/C=C1\CN2[C@@H](C3=C[C@@H]4[C@@H]5N(C3=O)c3ccccc3[C@@]53CCN5C/C(=C/C)[C@@H]4C[C@H]53)C[C@@]34c5ccccc5N5/C=C6/[C@H]7C[C@@H]8N(CC[C@@]89c8ccccc8N(/C=C(/[C@H]1C[C@H]23)[C@H]54)[C@@H]69)C/C7=C\C. The Hall–Kier alpha value is -4.95. The number of hydrogen-bond donors (Lipinski definition) is 0. The molecule has 0 aromatic heterocycles. The van der Waals surface area contributed by atoms with E-state index in [1.807, 2.05) is 0 Å². The molecule has 0 unspecified atom stereocenters. The van der Waals surface area contributed by atoms with Crippen LogP contribution in [0.1, 0.15) is 76.0 Å². The van der Waals surface area contributed by atoms with E-state index >= 15 is 4.79 Å². The van der Waals surface area contributed by atoms with E-state index in [1.165, 1.54) is 54.0 Å². The van der Waals surface area contributed by atoms with Crippen LogP contribution >= 0.6 is 0 Å². The third-order valence-electron chi connectivity index (χ3n) is 22.0. The number of fused-ring (bicyclic) bond motifs is 12. The number of benzene rings is 3. The first-order valence-corrected chi connectivity index (χ1v) is 26.0. The summed E-state index contributed by atoms with van der Waals surface area (Å²) in [5.74, 6) is 1.90. The molecule has 3 aromatic carbocycles. The highest BCUT2D eigenvalue weighted by atomic mass is 16.2. The molecule has 3 saturated carbocycles. The van der Waals surface area contributed by atoms with Gasteiger partial charge < -0.3 is 14.7 Å². The summed E-state index contributed by atoms with van der Waals surface area (Å²) in [6.07, 6.45) is 22.4. The topological polar surface area (TPSA) is 36.5 Å². The molecular weight excluding hydrogens is 809 g/mol. The van der Waals surface area contributed by atoms with Crippen LogP contribution in [0.2, 0.25) is 0 Å². The van der Waals surface area contributed by atoms with Crippen LogP contribution in [0.4, 0.5) is 17.1 Å². The lowest BCUT2D eigenvalue weighted by molar-refractivity contribution is -0.118. The van der Waals surface area contributed by atoms with Crippen molar-refractivity contribution in [1.82, 2.24) is 14.7 Å². The number of allylic oxidation sites excluding steroid dienone is 3. The summed E-state index contributed by atoms with van der Waals surface area (Å²) < 4.78 is 0. The molecule has 3 aliphatic carbocycles. The van der Waals surface area contributed by atoms with E-state index in [0.717, 1.165) is 51.0 Å². The van der Waals surface area contributed by atoms with Crippen molar-refractivity contribution in [3.63, 3.8) is 0 Å². The number of anilines is 3. The Morgan fingerprint density at radius 2 is 1.14 bits per heavy atom. The summed E-state index contributed by atoms with van der Waals surface area (Å²) in [5, 5.41) is 0. The zero-order valence-corrected chi connectivity index (χ0v) is 38.6. The molecule has 0 radical (unpaired) electrons. The van der Waals surface area contributed by atoms with Crippen molar-refractivity contribution < 1.29 is 4.79 Å². The van der Waals surface area contributed by atoms with Crippen molar-refractivity contribution >= 4 is 23.0 Å².